The Labute approximate surface area is 94.6 Å². The average molecular weight is 220 g/mol. The number of para-hydroxylation sites is 2. The van der Waals surface area contributed by atoms with Crippen molar-refractivity contribution in [3.05, 3.63) is 24.3 Å². The molecule has 0 bridgehead atoms. The van der Waals surface area contributed by atoms with Crippen molar-refractivity contribution in [3.8, 4) is 0 Å². The molecule has 4 heteroatoms. The number of hydrogen-bond acceptors (Lipinski definition) is 4. The van der Waals surface area contributed by atoms with Crippen molar-refractivity contribution in [1.82, 2.24) is 4.98 Å². The largest absolute Gasteiger partial charge is 0.424 e. The molecular weight excluding hydrogens is 204 g/mol. The molecule has 0 amide bonds. The number of nitrogens with zero attached hydrogens (tertiary/aromatic N) is 1. The molecular formula is C12H16N2O2. The van der Waals surface area contributed by atoms with E-state index in [9.17, 15) is 0 Å². The second kappa shape index (κ2) is 4.99. The summed E-state index contributed by atoms with van der Waals surface area (Å²) in [5, 5.41) is 3.09. The van der Waals surface area contributed by atoms with Crippen LogP contribution in [0.4, 0.5) is 6.01 Å². The van der Waals surface area contributed by atoms with Gasteiger partial charge in [0.25, 0.3) is 6.01 Å². The topological polar surface area (TPSA) is 47.3 Å². The molecule has 2 rings (SSSR count). The Hall–Kier alpha value is -1.55. The standard InChI is InChI=1S/C12H16N2O2/c1-9(2)15-8-7-13-12-14-10-5-3-4-6-11(10)16-12/h3-6,9H,7-8H2,1-2H3,(H,13,14). The van der Waals surface area contributed by atoms with Crippen molar-refractivity contribution in [2.24, 2.45) is 0 Å². The van der Waals surface area contributed by atoms with Gasteiger partial charge in [0.2, 0.25) is 0 Å². The van der Waals surface area contributed by atoms with Crippen molar-refractivity contribution in [1.29, 1.82) is 0 Å². The van der Waals surface area contributed by atoms with Gasteiger partial charge < -0.3 is 14.5 Å². The van der Waals surface area contributed by atoms with E-state index < -0.39 is 0 Å². The molecule has 0 unspecified atom stereocenters. The van der Waals surface area contributed by atoms with Crippen LogP contribution in [0.5, 0.6) is 0 Å². The summed E-state index contributed by atoms with van der Waals surface area (Å²) in [6.07, 6.45) is 0.255. The number of aromatic nitrogens is 1. The molecule has 0 spiro atoms. The summed E-state index contributed by atoms with van der Waals surface area (Å²) in [6, 6.07) is 8.25. The van der Waals surface area contributed by atoms with E-state index in [-0.39, 0.29) is 6.10 Å². The zero-order valence-electron chi connectivity index (χ0n) is 9.56. The molecule has 0 radical (unpaired) electrons. The van der Waals surface area contributed by atoms with E-state index in [1.54, 1.807) is 0 Å². The fourth-order valence-electron chi connectivity index (χ4n) is 1.40. The molecule has 1 aromatic carbocycles. The van der Waals surface area contributed by atoms with E-state index >= 15 is 0 Å². The predicted octanol–water partition coefficient (Wildman–Crippen LogP) is 2.66. The molecule has 16 heavy (non-hydrogen) atoms. The Kier molecular flexibility index (Phi) is 3.41. The molecule has 0 aliphatic carbocycles. The van der Waals surface area contributed by atoms with Crippen molar-refractivity contribution in [2.45, 2.75) is 20.0 Å². The number of benzene rings is 1. The molecule has 1 aromatic heterocycles. The van der Waals surface area contributed by atoms with Gasteiger partial charge in [-0.25, -0.2) is 0 Å². The quantitative estimate of drug-likeness (QED) is 0.787. The lowest BCUT2D eigenvalue weighted by molar-refractivity contribution is 0.0868. The van der Waals surface area contributed by atoms with Crippen LogP contribution in [0, 0.1) is 0 Å². The fourth-order valence-corrected chi connectivity index (χ4v) is 1.40. The third-order valence-electron chi connectivity index (χ3n) is 2.12. The molecule has 1 heterocycles. The molecule has 0 atom stereocenters. The Morgan fingerprint density at radius 3 is 2.94 bits per heavy atom. The van der Waals surface area contributed by atoms with Gasteiger partial charge in [0.05, 0.1) is 12.7 Å². The zero-order valence-corrected chi connectivity index (χ0v) is 9.56. The number of oxazole rings is 1. The van der Waals surface area contributed by atoms with Gasteiger partial charge in [-0.3, -0.25) is 0 Å². The summed E-state index contributed by atoms with van der Waals surface area (Å²) in [5.41, 5.74) is 1.67. The van der Waals surface area contributed by atoms with E-state index in [1.165, 1.54) is 0 Å². The minimum absolute atomic E-state index is 0.255. The molecule has 4 nitrogen and oxygen atoms in total. The molecule has 1 N–H and O–H groups in total. The zero-order chi connectivity index (χ0) is 11.4. The van der Waals surface area contributed by atoms with E-state index in [0.717, 1.165) is 11.1 Å². The Morgan fingerprint density at radius 2 is 2.19 bits per heavy atom. The number of fused-ring (bicyclic) bond motifs is 1. The van der Waals surface area contributed by atoms with E-state index in [0.29, 0.717) is 19.2 Å². The third kappa shape index (κ3) is 2.73. The van der Waals surface area contributed by atoms with E-state index in [4.69, 9.17) is 9.15 Å². The Balaban J connectivity index is 1.89. The maximum atomic E-state index is 5.50. The minimum Gasteiger partial charge on any atom is -0.424 e. The van der Waals surface area contributed by atoms with Gasteiger partial charge in [-0.05, 0) is 26.0 Å². The van der Waals surface area contributed by atoms with Crippen LogP contribution in [-0.4, -0.2) is 24.2 Å². The van der Waals surface area contributed by atoms with Gasteiger partial charge in [-0.2, -0.15) is 4.98 Å². The summed E-state index contributed by atoms with van der Waals surface area (Å²) >= 11 is 0. The number of nitrogens with one attached hydrogen (secondary N) is 1. The first-order valence-electron chi connectivity index (χ1n) is 5.47. The summed E-state index contributed by atoms with van der Waals surface area (Å²) in [7, 11) is 0. The van der Waals surface area contributed by atoms with E-state index in [2.05, 4.69) is 10.3 Å². The van der Waals surface area contributed by atoms with Crippen LogP contribution in [0.1, 0.15) is 13.8 Å². The van der Waals surface area contributed by atoms with Crippen LogP contribution in [0.15, 0.2) is 28.7 Å². The molecule has 0 aliphatic rings. The van der Waals surface area contributed by atoms with Crippen LogP contribution in [0.3, 0.4) is 0 Å². The SMILES string of the molecule is CC(C)OCCNc1nc2ccccc2o1. The molecule has 86 valence electrons. The first-order chi connectivity index (χ1) is 7.75. The Morgan fingerprint density at radius 1 is 1.38 bits per heavy atom. The first-order valence-corrected chi connectivity index (χ1v) is 5.47. The third-order valence-corrected chi connectivity index (χ3v) is 2.12. The summed E-state index contributed by atoms with van der Waals surface area (Å²) in [5.74, 6) is 0. The van der Waals surface area contributed by atoms with Crippen molar-refractivity contribution in [3.63, 3.8) is 0 Å². The maximum absolute atomic E-state index is 5.50. The minimum atomic E-state index is 0.255. The smallest absolute Gasteiger partial charge is 0.295 e. The van der Waals surface area contributed by atoms with Crippen LogP contribution in [0.25, 0.3) is 11.1 Å². The van der Waals surface area contributed by atoms with Gasteiger partial charge in [0.1, 0.15) is 5.52 Å². The highest BCUT2D eigenvalue weighted by molar-refractivity contribution is 5.74. The maximum Gasteiger partial charge on any atom is 0.295 e. The highest BCUT2D eigenvalue weighted by Gasteiger charge is 2.03. The number of rotatable bonds is 5. The molecule has 0 saturated carbocycles. The van der Waals surface area contributed by atoms with Crippen LogP contribution >= 0.6 is 0 Å². The molecule has 0 aliphatic heterocycles. The molecule has 2 aromatic rings. The highest BCUT2D eigenvalue weighted by Crippen LogP contribution is 2.17. The van der Waals surface area contributed by atoms with Crippen LogP contribution in [0.2, 0.25) is 0 Å². The van der Waals surface area contributed by atoms with Crippen molar-refractivity contribution in [2.75, 3.05) is 18.5 Å². The summed E-state index contributed by atoms with van der Waals surface area (Å²) in [4.78, 5) is 4.30. The lowest BCUT2D eigenvalue weighted by Gasteiger charge is -2.06. The summed E-state index contributed by atoms with van der Waals surface area (Å²) in [6.45, 7) is 5.38. The van der Waals surface area contributed by atoms with Crippen molar-refractivity contribution < 1.29 is 9.15 Å². The Bertz CT molecular complexity index is 418. The molecule has 0 fully saturated rings. The van der Waals surface area contributed by atoms with Gasteiger partial charge in [0.15, 0.2) is 5.58 Å². The second-order valence-corrected chi connectivity index (χ2v) is 3.83. The van der Waals surface area contributed by atoms with Gasteiger partial charge in [-0.15, -0.1) is 0 Å². The fraction of sp³-hybridized carbons (Fsp3) is 0.417. The lowest BCUT2D eigenvalue weighted by Crippen LogP contribution is -2.13. The first kappa shape index (κ1) is 11.0. The van der Waals surface area contributed by atoms with Gasteiger partial charge in [0, 0.05) is 6.54 Å². The highest BCUT2D eigenvalue weighted by atomic mass is 16.5. The number of hydrogen-bond donors (Lipinski definition) is 1. The normalized spacial score (nSPS) is 11.2. The van der Waals surface area contributed by atoms with Gasteiger partial charge in [-0.1, -0.05) is 12.1 Å². The van der Waals surface area contributed by atoms with E-state index in [1.807, 2.05) is 38.1 Å². The lowest BCUT2D eigenvalue weighted by atomic mass is 10.3. The molecule has 0 saturated heterocycles. The average Bonchev–Trinajstić information content (AvgIpc) is 2.66. The van der Waals surface area contributed by atoms with Crippen LogP contribution in [-0.2, 0) is 4.74 Å². The van der Waals surface area contributed by atoms with Crippen LogP contribution < -0.4 is 5.32 Å². The predicted molar refractivity (Wildman–Crippen MR) is 63.6 cm³/mol. The summed E-state index contributed by atoms with van der Waals surface area (Å²) < 4.78 is 10.9. The monoisotopic (exact) mass is 220 g/mol. The van der Waals surface area contributed by atoms with Crippen molar-refractivity contribution >= 4 is 17.1 Å². The van der Waals surface area contributed by atoms with Gasteiger partial charge >= 0.3 is 0 Å². The number of anilines is 1. The second-order valence-electron chi connectivity index (χ2n) is 3.83. The number of ether oxygens (including phenoxy) is 1.